The first-order valence-corrected chi connectivity index (χ1v) is 8.88. The Morgan fingerprint density at radius 3 is 2.09 bits per heavy atom. The molecule has 0 aliphatic heterocycles. The van der Waals surface area contributed by atoms with Gasteiger partial charge in [0.1, 0.15) is 0 Å². The third-order valence-corrected chi connectivity index (χ3v) is 3.43. The van der Waals surface area contributed by atoms with Crippen molar-refractivity contribution in [3.05, 3.63) is 35.4 Å². The molecule has 0 unspecified atom stereocenters. The third kappa shape index (κ3) is 7.21. The van der Waals surface area contributed by atoms with Gasteiger partial charge in [-0.2, -0.15) is 0 Å². The normalized spacial score (nSPS) is 11.8. The molecule has 0 aliphatic carbocycles. The quantitative estimate of drug-likeness (QED) is 0.840. The van der Waals surface area contributed by atoms with E-state index in [-0.39, 0.29) is 29.7 Å². The van der Waals surface area contributed by atoms with E-state index in [1.807, 2.05) is 20.8 Å². The molecule has 1 aromatic carbocycles. The largest absolute Gasteiger partial charge is 0.350 e. The van der Waals surface area contributed by atoms with Gasteiger partial charge in [0.25, 0.3) is 5.91 Å². The fourth-order valence-electron chi connectivity index (χ4n) is 1.78. The number of rotatable bonds is 5. The van der Waals surface area contributed by atoms with Crippen LogP contribution in [0.5, 0.6) is 0 Å². The molecule has 0 fully saturated rings. The summed E-state index contributed by atoms with van der Waals surface area (Å²) < 4.78 is 22.4. The molecule has 0 heterocycles. The summed E-state index contributed by atoms with van der Waals surface area (Å²) in [6, 6.07) is 6.26. The van der Waals surface area contributed by atoms with Gasteiger partial charge < -0.3 is 10.6 Å². The molecule has 0 bridgehead atoms. The Kier molecular flexibility index (Phi) is 5.71. The highest BCUT2D eigenvalue weighted by Crippen LogP contribution is 2.08. The van der Waals surface area contributed by atoms with E-state index in [4.69, 9.17) is 0 Å². The van der Waals surface area contributed by atoms with Crippen molar-refractivity contribution in [2.45, 2.75) is 32.1 Å². The Labute approximate surface area is 131 Å². The van der Waals surface area contributed by atoms with E-state index >= 15 is 0 Å². The van der Waals surface area contributed by atoms with Crippen LogP contribution in [0.4, 0.5) is 0 Å². The van der Waals surface area contributed by atoms with Gasteiger partial charge in [-0.15, -0.1) is 0 Å². The number of sulfone groups is 1. The average Bonchev–Trinajstić information content (AvgIpc) is 2.33. The zero-order chi connectivity index (χ0) is 17.0. The molecule has 7 heteroatoms. The van der Waals surface area contributed by atoms with Crippen molar-refractivity contribution in [1.82, 2.24) is 10.6 Å². The Morgan fingerprint density at radius 1 is 1.09 bits per heavy atom. The predicted molar refractivity (Wildman–Crippen MR) is 85.2 cm³/mol. The summed E-state index contributed by atoms with van der Waals surface area (Å²) in [4.78, 5) is 23.5. The minimum atomic E-state index is -3.10. The fourth-order valence-corrected chi connectivity index (χ4v) is 2.58. The van der Waals surface area contributed by atoms with Crippen LogP contribution >= 0.6 is 0 Å². The highest BCUT2D eigenvalue weighted by molar-refractivity contribution is 7.89. The van der Waals surface area contributed by atoms with Gasteiger partial charge in [0.2, 0.25) is 5.91 Å². The van der Waals surface area contributed by atoms with E-state index in [2.05, 4.69) is 10.6 Å². The molecule has 22 heavy (non-hydrogen) atoms. The summed E-state index contributed by atoms with van der Waals surface area (Å²) in [6.45, 7) is 5.45. The van der Waals surface area contributed by atoms with Crippen LogP contribution in [-0.2, 0) is 20.4 Å². The lowest BCUT2D eigenvalue weighted by Gasteiger charge is -2.20. The molecule has 122 valence electrons. The summed E-state index contributed by atoms with van der Waals surface area (Å²) in [5.41, 5.74) is 0.639. The second kappa shape index (κ2) is 6.91. The Bertz CT molecular complexity index is 643. The van der Waals surface area contributed by atoms with Crippen molar-refractivity contribution in [1.29, 1.82) is 0 Å². The molecule has 1 aromatic rings. The van der Waals surface area contributed by atoms with E-state index in [9.17, 15) is 18.0 Å². The summed E-state index contributed by atoms with van der Waals surface area (Å²) in [5.74, 6) is -0.715. The van der Waals surface area contributed by atoms with Crippen molar-refractivity contribution >= 4 is 21.7 Å². The minimum absolute atomic E-state index is 0.0666. The molecule has 0 radical (unpaired) electrons. The summed E-state index contributed by atoms with van der Waals surface area (Å²) in [7, 11) is -3.10. The number of amides is 2. The average molecular weight is 326 g/mol. The summed E-state index contributed by atoms with van der Waals surface area (Å²) in [5, 5.41) is 5.26. The van der Waals surface area contributed by atoms with Gasteiger partial charge in [-0.05, 0) is 38.5 Å². The van der Waals surface area contributed by atoms with Gasteiger partial charge in [-0.1, -0.05) is 12.1 Å². The molecule has 1 rings (SSSR count). The number of benzene rings is 1. The maximum atomic E-state index is 11.9. The third-order valence-electron chi connectivity index (χ3n) is 2.57. The lowest BCUT2D eigenvalue weighted by atomic mass is 10.1. The molecule has 6 nitrogen and oxygen atoms in total. The van der Waals surface area contributed by atoms with Crippen LogP contribution < -0.4 is 10.6 Å². The number of carbonyl (C=O) groups excluding carboxylic acids is 2. The van der Waals surface area contributed by atoms with Gasteiger partial charge >= 0.3 is 0 Å². The Morgan fingerprint density at radius 2 is 1.64 bits per heavy atom. The SMILES string of the molecule is CC(C)(C)NC(=O)CNC(=O)c1ccc(CS(C)(=O)=O)cc1. The highest BCUT2D eigenvalue weighted by atomic mass is 32.2. The van der Waals surface area contributed by atoms with Crippen molar-refractivity contribution in [3.63, 3.8) is 0 Å². The fraction of sp³-hybridized carbons (Fsp3) is 0.467. The van der Waals surface area contributed by atoms with Crippen LogP contribution in [0.15, 0.2) is 24.3 Å². The van der Waals surface area contributed by atoms with Crippen LogP contribution in [0.2, 0.25) is 0 Å². The van der Waals surface area contributed by atoms with Gasteiger partial charge in [-0.25, -0.2) is 8.42 Å². The van der Waals surface area contributed by atoms with Gasteiger partial charge in [0.05, 0.1) is 12.3 Å². The van der Waals surface area contributed by atoms with E-state index in [1.165, 1.54) is 12.1 Å². The smallest absolute Gasteiger partial charge is 0.251 e. The molecule has 2 amide bonds. The number of hydrogen-bond donors (Lipinski definition) is 2. The van der Waals surface area contributed by atoms with Crippen molar-refractivity contribution in [2.75, 3.05) is 12.8 Å². The van der Waals surface area contributed by atoms with Gasteiger partial charge in [-0.3, -0.25) is 9.59 Å². The van der Waals surface area contributed by atoms with E-state index in [0.717, 1.165) is 6.26 Å². The van der Waals surface area contributed by atoms with E-state index < -0.39 is 9.84 Å². The molecule has 0 aliphatic rings. The zero-order valence-electron chi connectivity index (χ0n) is 13.3. The Balaban J connectivity index is 2.58. The number of carbonyl (C=O) groups is 2. The highest BCUT2D eigenvalue weighted by Gasteiger charge is 2.14. The number of hydrogen-bond acceptors (Lipinski definition) is 4. The number of nitrogens with one attached hydrogen (secondary N) is 2. The molecule has 2 N–H and O–H groups in total. The second-order valence-corrected chi connectivity index (χ2v) is 8.39. The van der Waals surface area contributed by atoms with Crippen molar-refractivity contribution in [3.8, 4) is 0 Å². The molecular formula is C15H22N2O4S. The molecular weight excluding hydrogens is 304 g/mol. The molecule has 0 atom stereocenters. The monoisotopic (exact) mass is 326 g/mol. The molecule has 0 saturated heterocycles. The first-order chi connectivity index (χ1) is 9.96. The minimum Gasteiger partial charge on any atom is -0.350 e. The lowest BCUT2D eigenvalue weighted by Crippen LogP contribution is -2.45. The molecule has 0 aromatic heterocycles. The maximum Gasteiger partial charge on any atom is 0.251 e. The predicted octanol–water partition coefficient (Wildman–Crippen LogP) is 0.876. The van der Waals surface area contributed by atoms with E-state index in [0.29, 0.717) is 11.1 Å². The zero-order valence-corrected chi connectivity index (χ0v) is 14.1. The van der Waals surface area contributed by atoms with Crippen molar-refractivity contribution < 1.29 is 18.0 Å². The maximum absolute atomic E-state index is 11.9. The molecule has 0 spiro atoms. The Hall–Kier alpha value is -1.89. The van der Waals surface area contributed by atoms with Gasteiger partial charge in [0.15, 0.2) is 9.84 Å². The van der Waals surface area contributed by atoms with Crippen molar-refractivity contribution in [2.24, 2.45) is 0 Å². The molecule has 0 saturated carbocycles. The standard InChI is InChI=1S/C15H22N2O4S/c1-15(2,3)17-13(18)9-16-14(19)12-7-5-11(6-8-12)10-22(4,20)21/h5-8H,9-10H2,1-4H3,(H,16,19)(H,17,18). The topological polar surface area (TPSA) is 92.3 Å². The van der Waals surface area contributed by atoms with Crippen LogP contribution in [-0.4, -0.2) is 38.6 Å². The van der Waals surface area contributed by atoms with Crippen LogP contribution in [0.3, 0.4) is 0 Å². The lowest BCUT2D eigenvalue weighted by molar-refractivity contribution is -0.121. The first-order valence-electron chi connectivity index (χ1n) is 6.82. The summed E-state index contributed by atoms with van der Waals surface area (Å²) in [6.07, 6.45) is 1.15. The first kappa shape index (κ1) is 18.2. The summed E-state index contributed by atoms with van der Waals surface area (Å²) >= 11 is 0. The second-order valence-electron chi connectivity index (χ2n) is 6.25. The van der Waals surface area contributed by atoms with Gasteiger partial charge in [0, 0.05) is 17.4 Å². The van der Waals surface area contributed by atoms with Crippen LogP contribution in [0.1, 0.15) is 36.7 Å². The van der Waals surface area contributed by atoms with Crippen LogP contribution in [0.25, 0.3) is 0 Å². The van der Waals surface area contributed by atoms with Crippen LogP contribution in [0, 0.1) is 0 Å². The van der Waals surface area contributed by atoms with E-state index in [1.54, 1.807) is 12.1 Å².